The number of carbonyl (C=O) groups excluding carboxylic acids is 1. The summed E-state index contributed by atoms with van der Waals surface area (Å²) in [7, 11) is 1.45. The minimum absolute atomic E-state index is 0.0500. The van der Waals surface area contributed by atoms with Gasteiger partial charge in [0.25, 0.3) is 5.91 Å². The van der Waals surface area contributed by atoms with Crippen LogP contribution in [0.4, 0.5) is 26.3 Å². The monoisotopic (exact) mass is 798 g/mol. The zero-order valence-electron chi connectivity index (χ0n) is 28.9. The first-order valence-electron chi connectivity index (χ1n) is 16.8. The molecule has 0 bridgehead atoms. The van der Waals surface area contributed by atoms with Gasteiger partial charge in [-0.3, -0.25) is 19.4 Å². The minimum atomic E-state index is -5.03. The number of hydrogen-bond acceptors (Lipinski definition) is 9. The van der Waals surface area contributed by atoms with E-state index in [-0.39, 0.29) is 63.9 Å². The smallest absolute Gasteiger partial charge is 0.416 e. The van der Waals surface area contributed by atoms with Gasteiger partial charge in [-0.05, 0) is 78.1 Å². The third-order valence-corrected chi connectivity index (χ3v) is 9.82. The van der Waals surface area contributed by atoms with E-state index >= 15 is 0 Å². The molecule has 0 unspecified atom stereocenters. The van der Waals surface area contributed by atoms with Crippen molar-refractivity contribution < 1.29 is 60.0 Å². The van der Waals surface area contributed by atoms with Gasteiger partial charge in [0, 0.05) is 31.7 Å². The number of carbonyl (C=O) groups is 2. The first-order chi connectivity index (χ1) is 25.6. The molecule has 290 valence electrons. The van der Waals surface area contributed by atoms with Gasteiger partial charge in [-0.2, -0.15) is 26.3 Å². The number of hydrogen-bond donors (Lipinski definition) is 1. The zero-order chi connectivity index (χ0) is 39.0. The highest BCUT2D eigenvalue weighted by atomic mass is 32.2. The molecule has 2 heterocycles. The number of carboxylic acids is 1. The Balaban J connectivity index is 1.36. The van der Waals surface area contributed by atoms with E-state index in [1.165, 1.54) is 36.3 Å². The van der Waals surface area contributed by atoms with Crippen molar-refractivity contribution in [2.75, 3.05) is 59.7 Å². The highest BCUT2D eigenvalue weighted by Crippen LogP contribution is 2.41. The SMILES string of the molecule is COc1ccc(CC(=O)O)cc1OCCCN1C(=O)C(=Cc2cc(-c3cc(C(F)(F)F)cc(C(F)(F)F)c3)ccc2OCCCN2CCOCC2)SC1=S. The molecule has 5 rings (SSSR count). The predicted molar refractivity (Wildman–Crippen MR) is 194 cm³/mol. The third-order valence-electron chi connectivity index (χ3n) is 8.44. The number of methoxy groups -OCH3 is 1. The van der Waals surface area contributed by atoms with Gasteiger partial charge in [0.05, 0.1) is 56.0 Å². The number of morpholine rings is 1. The fraction of sp³-hybridized carbons (Fsp3) is 0.378. The third kappa shape index (κ3) is 10.9. The van der Waals surface area contributed by atoms with Gasteiger partial charge >= 0.3 is 18.3 Å². The molecule has 17 heteroatoms. The summed E-state index contributed by atoms with van der Waals surface area (Å²) in [6, 6.07) is 10.4. The number of benzene rings is 3. The maximum Gasteiger partial charge on any atom is 0.416 e. The lowest BCUT2D eigenvalue weighted by molar-refractivity contribution is -0.143. The number of rotatable bonds is 15. The van der Waals surface area contributed by atoms with Crippen LogP contribution in [0.3, 0.4) is 0 Å². The summed E-state index contributed by atoms with van der Waals surface area (Å²) in [6.45, 7) is 4.08. The number of thiocarbonyl (C=S) groups is 1. The number of nitrogens with zero attached hydrogens (tertiary/aromatic N) is 2. The Morgan fingerprint density at radius 2 is 1.50 bits per heavy atom. The number of ether oxygens (including phenoxy) is 4. The Labute approximate surface area is 316 Å². The second-order valence-electron chi connectivity index (χ2n) is 12.3. The van der Waals surface area contributed by atoms with Crippen LogP contribution in [0.15, 0.2) is 59.5 Å². The van der Waals surface area contributed by atoms with E-state index in [0.29, 0.717) is 55.3 Å². The van der Waals surface area contributed by atoms with Crippen molar-refractivity contribution >= 4 is 46.3 Å². The lowest BCUT2D eigenvalue weighted by Crippen LogP contribution is -2.37. The van der Waals surface area contributed by atoms with Crippen LogP contribution < -0.4 is 14.2 Å². The molecule has 0 aliphatic carbocycles. The Hall–Kier alpha value is -4.32. The minimum Gasteiger partial charge on any atom is -0.493 e. The molecular weight excluding hydrogens is 763 g/mol. The van der Waals surface area contributed by atoms with Crippen molar-refractivity contribution in [2.45, 2.75) is 31.6 Å². The van der Waals surface area contributed by atoms with E-state index in [1.54, 1.807) is 18.2 Å². The topological polar surface area (TPSA) is 97.8 Å². The summed E-state index contributed by atoms with van der Waals surface area (Å²) in [6.07, 6.45) is -7.84. The molecule has 0 radical (unpaired) electrons. The van der Waals surface area contributed by atoms with E-state index in [0.717, 1.165) is 31.4 Å². The largest absolute Gasteiger partial charge is 0.493 e. The van der Waals surface area contributed by atoms with E-state index in [2.05, 4.69) is 4.90 Å². The highest BCUT2D eigenvalue weighted by Gasteiger charge is 2.37. The van der Waals surface area contributed by atoms with Gasteiger partial charge in [0.15, 0.2) is 11.5 Å². The Morgan fingerprint density at radius 3 is 2.13 bits per heavy atom. The maximum atomic E-state index is 13.7. The molecule has 1 N–H and O–H groups in total. The van der Waals surface area contributed by atoms with Crippen LogP contribution in [-0.4, -0.2) is 90.8 Å². The molecule has 0 spiro atoms. The average molecular weight is 799 g/mol. The molecule has 2 saturated heterocycles. The summed E-state index contributed by atoms with van der Waals surface area (Å²) in [4.78, 5) is 28.5. The van der Waals surface area contributed by atoms with Crippen LogP contribution in [0.2, 0.25) is 0 Å². The van der Waals surface area contributed by atoms with Crippen LogP contribution in [0.1, 0.15) is 35.1 Å². The number of aliphatic carboxylic acids is 1. The highest BCUT2D eigenvalue weighted by molar-refractivity contribution is 8.26. The molecule has 2 aliphatic heterocycles. The van der Waals surface area contributed by atoms with Crippen LogP contribution in [0.25, 0.3) is 17.2 Å². The normalized spacial score (nSPS) is 16.3. The number of carboxylic acid groups (broad SMARTS) is 1. The summed E-state index contributed by atoms with van der Waals surface area (Å²) in [5, 5.41) is 9.12. The summed E-state index contributed by atoms with van der Waals surface area (Å²) < 4.78 is 105. The van der Waals surface area contributed by atoms with Crippen LogP contribution >= 0.6 is 24.0 Å². The molecule has 9 nitrogen and oxygen atoms in total. The van der Waals surface area contributed by atoms with Gasteiger partial charge in [-0.1, -0.05) is 36.1 Å². The van der Waals surface area contributed by atoms with E-state index < -0.39 is 35.4 Å². The summed E-state index contributed by atoms with van der Waals surface area (Å²) >= 11 is 6.48. The van der Waals surface area contributed by atoms with Gasteiger partial charge in [0.2, 0.25) is 0 Å². The second-order valence-corrected chi connectivity index (χ2v) is 14.0. The van der Waals surface area contributed by atoms with Crippen molar-refractivity contribution in [2.24, 2.45) is 0 Å². The average Bonchev–Trinajstić information content (AvgIpc) is 3.39. The van der Waals surface area contributed by atoms with E-state index in [1.807, 2.05) is 0 Å². The molecule has 54 heavy (non-hydrogen) atoms. The molecule has 0 saturated carbocycles. The standard InChI is InChI=1S/C37H36F6N2O7S2/c1-49-30-6-4-23(17-33(46)47)16-31(30)52-13-3-9-45-34(48)32(54-35(45)53)21-26-18-24(5-7-29(26)51-12-2-8-44-10-14-50-15-11-44)25-19-27(36(38,39)40)22-28(20-25)37(41,42)43/h4-7,16,18-22H,2-3,8-15,17H2,1H3,(H,46,47). The van der Waals surface area contributed by atoms with Crippen molar-refractivity contribution in [3.8, 4) is 28.4 Å². The van der Waals surface area contributed by atoms with Gasteiger partial charge in [-0.25, -0.2) is 0 Å². The van der Waals surface area contributed by atoms with Gasteiger partial charge in [-0.15, -0.1) is 0 Å². The van der Waals surface area contributed by atoms with Crippen molar-refractivity contribution in [3.05, 3.63) is 81.8 Å². The molecule has 1 amide bonds. The first-order valence-corrected chi connectivity index (χ1v) is 18.0. The van der Waals surface area contributed by atoms with Crippen molar-refractivity contribution in [3.63, 3.8) is 0 Å². The summed E-state index contributed by atoms with van der Waals surface area (Å²) in [5.74, 6) is -0.440. The first kappa shape index (κ1) is 40.9. The fourth-order valence-electron chi connectivity index (χ4n) is 5.75. The van der Waals surface area contributed by atoms with Crippen LogP contribution in [-0.2, 0) is 33.1 Å². The lowest BCUT2D eigenvalue weighted by Gasteiger charge is -2.26. The fourth-order valence-corrected chi connectivity index (χ4v) is 7.05. The lowest BCUT2D eigenvalue weighted by atomic mass is 9.97. The Morgan fingerprint density at radius 1 is 0.870 bits per heavy atom. The second kappa shape index (κ2) is 17.9. The van der Waals surface area contributed by atoms with Gasteiger partial charge < -0.3 is 24.1 Å². The van der Waals surface area contributed by atoms with E-state index in [9.17, 15) is 35.9 Å². The molecule has 0 atom stereocenters. The number of amides is 1. The molecule has 2 fully saturated rings. The zero-order valence-corrected chi connectivity index (χ0v) is 30.6. The molecule has 3 aromatic rings. The van der Waals surface area contributed by atoms with E-state index in [4.69, 9.17) is 36.3 Å². The molecule has 0 aromatic heterocycles. The Bertz CT molecular complexity index is 1850. The summed E-state index contributed by atoms with van der Waals surface area (Å²) in [5.41, 5.74) is -2.39. The molecule has 2 aliphatic rings. The number of thioether (sulfide) groups is 1. The maximum absolute atomic E-state index is 13.7. The predicted octanol–water partition coefficient (Wildman–Crippen LogP) is 7.80. The number of alkyl halides is 6. The van der Waals surface area contributed by atoms with Gasteiger partial charge in [0.1, 0.15) is 10.1 Å². The number of halogens is 6. The van der Waals surface area contributed by atoms with Crippen molar-refractivity contribution in [1.29, 1.82) is 0 Å². The quantitative estimate of drug-likeness (QED) is 0.0711. The Kier molecular flexibility index (Phi) is 13.5. The van der Waals surface area contributed by atoms with Crippen molar-refractivity contribution in [1.82, 2.24) is 9.80 Å². The molecule has 3 aromatic carbocycles. The molecular formula is C37H36F6N2O7S2. The van der Waals surface area contributed by atoms with Crippen LogP contribution in [0.5, 0.6) is 17.2 Å². The van der Waals surface area contributed by atoms with Crippen LogP contribution in [0, 0.1) is 0 Å².